The molecule has 0 spiro atoms. The highest BCUT2D eigenvalue weighted by atomic mass is 16.5. The molecule has 0 saturated heterocycles. The maximum atomic E-state index is 9.79. The van der Waals surface area contributed by atoms with Crippen molar-refractivity contribution >= 4 is 0 Å². The van der Waals surface area contributed by atoms with E-state index in [1.807, 2.05) is 32.0 Å². The fraction of sp³-hybridized carbons (Fsp3) is 0.625. The molecular formula is C16H27NO4. The van der Waals surface area contributed by atoms with Crippen molar-refractivity contribution in [2.45, 2.75) is 39.5 Å². The van der Waals surface area contributed by atoms with Gasteiger partial charge in [-0.15, -0.1) is 0 Å². The smallest absolute Gasteiger partial charge is 0.161 e. The van der Waals surface area contributed by atoms with Crippen LogP contribution in [0.4, 0.5) is 0 Å². The van der Waals surface area contributed by atoms with E-state index < -0.39 is 6.10 Å². The quantitative estimate of drug-likeness (QED) is 0.691. The van der Waals surface area contributed by atoms with Gasteiger partial charge in [0.25, 0.3) is 0 Å². The molecule has 0 heterocycles. The molecule has 5 nitrogen and oxygen atoms in total. The summed E-state index contributed by atoms with van der Waals surface area (Å²) in [5.41, 5.74) is 1.13. The van der Waals surface area contributed by atoms with Gasteiger partial charge in [0.1, 0.15) is 12.7 Å². The van der Waals surface area contributed by atoms with Crippen molar-refractivity contribution in [1.82, 2.24) is 5.32 Å². The SMILES string of the molecule is CCNCc1ccc(OCC(O)COC(C)C)c(OC)c1. The number of aliphatic hydroxyl groups is 1. The van der Waals surface area contributed by atoms with Crippen molar-refractivity contribution in [3.8, 4) is 11.5 Å². The van der Waals surface area contributed by atoms with Crippen LogP contribution in [0.3, 0.4) is 0 Å². The van der Waals surface area contributed by atoms with Crippen LogP contribution in [0, 0.1) is 0 Å². The number of hydrogen-bond donors (Lipinski definition) is 2. The van der Waals surface area contributed by atoms with Gasteiger partial charge in [0.15, 0.2) is 11.5 Å². The number of methoxy groups -OCH3 is 1. The zero-order chi connectivity index (χ0) is 15.7. The number of nitrogens with one attached hydrogen (secondary N) is 1. The maximum Gasteiger partial charge on any atom is 0.161 e. The minimum Gasteiger partial charge on any atom is -0.493 e. The highest BCUT2D eigenvalue weighted by Gasteiger charge is 2.10. The third-order valence-corrected chi connectivity index (χ3v) is 2.86. The number of aliphatic hydroxyl groups excluding tert-OH is 1. The van der Waals surface area contributed by atoms with E-state index in [1.54, 1.807) is 7.11 Å². The standard InChI is InChI=1S/C16H27NO4/c1-5-17-9-13-6-7-15(16(8-13)19-4)21-11-14(18)10-20-12(2)3/h6-8,12,14,17-18H,5,9-11H2,1-4H3. The molecule has 120 valence electrons. The van der Waals surface area contributed by atoms with Crippen molar-refractivity contribution in [2.24, 2.45) is 0 Å². The number of rotatable bonds is 10. The summed E-state index contributed by atoms with van der Waals surface area (Å²) >= 11 is 0. The van der Waals surface area contributed by atoms with Crippen molar-refractivity contribution < 1.29 is 19.3 Å². The van der Waals surface area contributed by atoms with Crippen LogP contribution < -0.4 is 14.8 Å². The minimum atomic E-state index is -0.654. The molecule has 0 aromatic heterocycles. The molecule has 1 rings (SSSR count). The summed E-state index contributed by atoms with van der Waals surface area (Å²) in [5.74, 6) is 1.30. The number of benzene rings is 1. The molecule has 1 unspecified atom stereocenters. The summed E-state index contributed by atoms with van der Waals surface area (Å²) in [6.07, 6.45) is -0.557. The van der Waals surface area contributed by atoms with Crippen molar-refractivity contribution in [3.63, 3.8) is 0 Å². The maximum absolute atomic E-state index is 9.79. The van der Waals surface area contributed by atoms with Gasteiger partial charge in [-0.1, -0.05) is 13.0 Å². The van der Waals surface area contributed by atoms with Crippen LogP contribution in [0.2, 0.25) is 0 Å². The molecule has 0 bridgehead atoms. The zero-order valence-electron chi connectivity index (χ0n) is 13.4. The Morgan fingerprint density at radius 3 is 2.57 bits per heavy atom. The van der Waals surface area contributed by atoms with Gasteiger partial charge in [0.2, 0.25) is 0 Å². The van der Waals surface area contributed by atoms with Gasteiger partial charge in [-0.05, 0) is 38.1 Å². The average molecular weight is 297 g/mol. The third kappa shape index (κ3) is 6.80. The van der Waals surface area contributed by atoms with Crippen molar-refractivity contribution in [3.05, 3.63) is 23.8 Å². The molecule has 0 radical (unpaired) electrons. The van der Waals surface area contributed by atoms with E-state index in [9.17, 15) is 5.11 Å². The van der Waals surface area contributed by atoms with Crippen molar-refractivity contribution in [1.29, 1.82) is 0 Å². The lowest BCUT2D eigenvalue weighted by molar-refractivity contribution is -0.0125. The number of hydrogen-bond acceptors (Lipinski definition) is 5. The highest BCUT2D eigenvalue weighted by Crippen LogP contribution is 2.28. The van der Waals surface area contributed by atoms with E-state index in [2.05, 4.69) is 12.2 Å². The molecule has 1 atom stereocenters. The first kappa shape index (κ1) is 17.8. The molecule has 1 aromatic rings. The minimum absolute atomic E-state index is 0.0968. The largest absolute Gasteiger partial charge is 0.493 e. The normalized spacial score (nSPS) is 12.5. The molecule has 0 aliphatic rings. The Balaban J connectivity index is 2.54. The molecule has 1 aromatic carbocycles. The average Bonchev–Trinajstić information content (AvgIpc) is 2.49. The second-order valence-corrected chi connectivity index (χ2v) is 5.11. The molecule has 0 saturated carbocycles. The second-order valence-electron chi connectivity index (χ2n) is 5.11. The Bertz CT molecular complexity index is 409. The first-order chi connectivity index (χ1) is 10.1. The molecule has 5 heteroatoms. The topological polar surface area (TPSA) is 60.0 Å². The van der Waals surface area contributed by atoms with Gasteiger partial charge in [0.05, 0.1) is 19.8 Å². The van der Waals surface area contributed by atoms with E-state index in [0.29, 0.717) is 11.5 Å². The summed E-state index contributed by atoms with van der Waals surface area (Å²) < 4.78 is 16.3. The summed E-state index contributed by atoms with van der Waals surface area (Å²) in [6, 6.07) is 5.79. The molecule has 0 fully saturated rings. The first-order valence-corrected chi connectivity index (χ1v) is 7.36. The van der Waals surface area contributed by atoms with Crippen LogP contribution in [0.5, 0.6) is 11.5 Å². The van der Waals surface area contributed by atoms with Crippen LogP contribution in [0.25, 0.3) is 0 Å². The predicted octanol–water partition coefficient (Wildman–Crippen LogP) is 1.97. The van der Waals surface area contributed by atoms with E-state index in [0.717, 1.165) is 18.7 Å². The predicted molar refractivity (Wildman–Crippen MR) is 83.0 cm³/mol. The molecule has 0 aliphatic carbocycles. The van der Waals surface area contributed by atoms with E-state index in [1.165, 1.54) is 0 Å². The van der Waals surface area contributed by atoms with Crippen LogP contribution in [-0.4, -0.2) is 44.2 Å². The molecule has 2 N–H and O–H groups in total. The van der Waals surface area contributed by atoms with Gasteiger partial charge in [-0.2, -0.15) is 0 Å². The van der Waals surface area contributed by atoms with Crippen LogP contribution >= 0.6 is 0 Å². The molecular weight excluding hydrogens is 270 g/mol. The Kier molecular flexibility index (Phi) is 8.12. The fourth-order valence-electron chi connectivity index (χ4n) is 1.75. The molecule has 0 amide bonds. The van der Waals surface area contributed by atoms with E-state index in [-0.39, 0.29) is 19.3 Å². The Labute approximate surface area is 127 Å². The number of ether oxygens (including phenoxy) is 3. The summed E-state index contributed by atoms with van der Waals surface area (Å²) in [6.45, 7) is 8.07. The van der Waals surface area contributed by atoms with Crippen LogP contribution in [0.15, 0.2) is 18.2 Å². The summed E-state index contributed by atoms with van der Waals surface area (Å²) in [5, 5.41) is 13.1. The Morgan fingerprint density at radius 2 is 1.95 bits per heavy atom. The summed E-state index contributed by atoms with van der Waals surface area (Å²) in [7, 11) is 1.61. The summed E-state index contributed by atoms with van der Waals surface area (Å²) in [4.78, 5) is 0. The van der Waals surface area contributed by atoms with Crippen molar-refractivity contribution in [2.75, 3.05) is 26.9 Å². The van der Waals surface area contributed by atoms with Gasteiger partial charge >= 0.3 is 0 Å². The van der Waals surface area contributed by atoms with Gasteiger partial charge in [-0.25, -0.2) is 0 Å². The first-order valence-electron chi connectivity index (χ1n) is 7.36. The molecule has 0 aliphatic heterocycles. The fourth-order valence-corrected chi connectivity index (χ4v) is 1.75. The monoisotopic (exact) mass is 297 g/mol. The lowest BCUT2D eigenvalue weighted by atomic mass is 10.2. The lowest BCUT2D eigenvalue weighted by Crippen LogP contribution is -2.25. The van der Waals surface area contributed by atoms with E-state index in [4.69, 9.17) is 14.2 Å². The van der Waals surface area contributed by atoms with Gasteiger partial charge in [0, 0.05) is 6.54 Å². The second kappa shape index (κ2) is 9.60. The van der Waals surface area contributed by atoms with Crippen LogP contribution in [-0.2, 0) is 11.3 Å². The Hall–Kier alpha value is -1.30. The van der Waals surface area contributed by atoms with E-state index >= 15 is 0 Å². The highest BCUT2D eigenvalue weighted by molar-refractivity contribution is 5.42. The third-order valence-electron chi connectivity index (χ3n) is 2.86. The van der Waals surface area contributed by atoms with Gasteiger partial charge in [-0.3, -0.25) is 0 Å². The van der Waals surface area contributed by atoms with Crippen LogP contribution in [0.1, 0.15) is 26.3 Å². The zero-order valence-corrected chi connectivity index (χ0v) is 13.4. The lowest BCUT2D eigenvalue weighted by Gasteiger charge is -2.16. The Morgan fingerprint density at radius 1 is 1.19 bits per heavy atom. The van der Waals surface area contributed by atoms with Gasteiger partial charge < -0.3 is 24.6 Å². The molecule has 21 heavy (non-hydrogen) atoms.